The second-order valence-corrected chi connectivity index (χ2v) is 14.3. The van der Waals surface area contributed by atoms with Crippen LogP contribution >= 0.6 is 15.9 Å². The van der Waals surface area contributed by atoms with Crippen LogP contribution in [0.5, 0.6) is 0 Å². The Bertz CT molecular complexity index is 3160. The van der Waals surface area contributed by atoms with E-state index >= 15 is 0 Å². The van der Waals surface area contributed by atoms with E-state index in [2.05, 4.69) is 195 Å². The van der Waals surface area contributed by atoms with Crippen molar-refractivity contribution in [3.05, 3.63) is 180 Å². The van der Waals surface area contributed by atoms with Crippen LogP contribution in [-0.4, -0.2) is 9.13 Å². The quantitative estimate of drug-likeness (QED) is 0.177. The number of furan rings is 1. The highest BCUT2D eigenvalue weighted by atomic mass is 79.9. The third-order valence-corrected chi connectivity index (χ3v) is 11.3. The summed E-state index contributed by atoms with van der Waals surface area (Å²) < 4.78 is 12.5. The molecule has 8 aromatic carbocycles. The van der Waals surface area contributed by atoms with Crippen molar-refractivity contribution < 1.29 is 4.42 Å². The van der Waals surface area contributed by atoms with Gasteiger partial charge < -0.3 is 13.6 Å². The first-order valence-electron chi connectivity index (χ1n) is 17.5. The maximum atomic E-state index is 6.61. The lowest BCUT2D eigenvalue weighted by Crippen LogP contribution is -2.01. The van der Waals surface area contributed by atoms with Gasteiger partial charge in [0.1, 0.15) is 11.2 Å². The molecule has 0 amide bonds. The van der Waals surface area contributed by atoms with E-state index < -0.39 is 0 Å². The highest BCUT2D eigenvalue weighted by molar-refractivity contribution is 9.10. The molecule has 11 rings (SSSR count). The SMILES string of the molecule is Brc1ccccc1-c1cccc(-c2cc(-n3c4ccccc4c4c5oc6ccccc6c5ccc43)ccc2-n2c3ccccc3c3ccccc32)c1. The zero-order valence-electron chi connectivity index (χ0n) is 27.9. The monoisotopic (exact) mass is 728 g/mol. The molecule has 3 aromatic heterocycles. The van der Waals surface area contributed by atoms with Gasteiger partial charge in [-0.15, -0.1) is 0 Å². The first kappa shape index (κ1) is 29.4. The van der Waals surface area contributed by atoms with E-state index in [1.165, 1.54) is 27.2 Å². The Kier molecular flexibility index (Phi) is 6.40. The third-order valence-electron chi connectivity index (χ3n) is 10.6. The molecule has 0 bridgehead atoms. The van der Waals surface area contributed by atoms with Gasteiger partial charge in [0.2, 0.25) is 0 Å². The van der Waals surface area contributed by atoms with Gasteiger partial charge in [-0.3, -0.25) is 0 Å². The predicted molar refractivity (Wildman–Crippen MR) is 221 cm³/mol. The van der Waals surface area contributed by atoms with Crippen LogP contribution in [0.4, 0.5) is 0 Å². The van der Waals surface area contributed by atoms with Crippen molar-refractivity contribution in [3.8, 4) is 33.6 Å². The lowest BCUT2D eigenvalue weighted by atomic mass is 9.97. The van der Waals surface area contributed by atoms with Crippen LogP contribution in [0.2, 0.25) is 0 Å². The number of aromatic nitrogens is 2. The fraction of sp³-hybridized carbons (Fsp3) is 0. The second-order valence-electron chi connectivity index (χ2n) is 13.4. The number of hydrogen-bond donors (Lipinski definition) is 0. The summed E-state index contributed by atoms with van der Waals surface area (Å²) in [5, 5.41) is 7.07. The van der Waals surface area contributed by atoms with E-state index in [4.69, 9.17) is 4.42 Å². The van der Waals surface area contributed by atoms with Crippen LogP contribution in [0, 0.1) is 0 Å². The van der Waals surface area contributed by atoms with E-state index in [0.29, 0.717) is 0 Å². The van der Waals surface area contributed by atoms with Crippen molar-refractivity contribution in [3.63, 3.8) is 0 Å². The van der Waals surface area contributed by atoms with E-state index in [1.54, 1.807) is 0 Å². The first-order valence-corrected chi connectivity index (χ1v) is 18.3. The maximum Gasteiger partial charge on any atom is 0.145 e. The summed E-state index contributed by atoms with van der Waals surface area (Å²) in [6, 6.07) is 63.2. The zero-order chi connectivity index (χ0) is 34.3. The fourth-order valence-electron chi connectivity index (χ4n) is 8.33. The molecule has 52 heavy (non-hydrogen) atoms. The van der Waals surface area contributed by atoms with Crippen molar-refractivity contribution in [1.82, 2.24) is 9.13 Å². The van der Waals surface area contributed by atoms with E-state index in [9.17, 15) is 0 Å². The Morgan fingerprint density at radius 3 is 1.77 bits per heavy atom. The summed E-state index contributed by atoms with van der Waals surface area (Å²) in [5.41, 5.74) is 13.3. The Hall–Kier alpha value is -6.36. The number of rotatable bonds is 4. The minimum atomic E-state index is 0.907. The van der Waals surface area contributed by atoms with Crippen LogP contribution in [0.25, 0.3) is 99.2 Å². The van der Waals surface area contributed by atoms with Crippen LogP contribution in [0.15, 0.2) is 185 Å². The van der Waals surface area contributed by atoms with Gasteiger partial charge in [-0.05, 0) is 83.4 Å². The van der Waals surface area contributed by atoms with Gasteiger partial charge in [0, 0.05) is 42.7 Å². The number of halogens is 1. The number of para-hydroxylation sites is 4. The molecule has 0 saturated heterocycles. The predicted octanol–water partition coefficient (Wildman–Crippen LogP) is 13.9. The molecular formula is C48H29BrN2O. The molecule has 0 N–H and O–H groups in total. The van der Waals surface area contributed by atoms with Crippen molar-refractivity contribution in [2.45, 2.75) is 0 Å². The molecule has 0 aliphatic rings. The smallest absolute Gasteiger partial charge is 0.145 e. The summed E-state index contributed by atoms with van der Waals surface area (Å²) in [6.07, 6.45) is 0. The minimum Gasteiger partial charge on any atom is -0.455 e. The van der Waals surface area contributed by atoms with E-state index in [-0.39, 0.29) is 0 Å². The normalized spacial score (nSPS) is 11.9. The molecule has 3 nitrogen and oxygen atoms in total. The first-order chi connectivity index (χ1) is 25.7. The van der Waals surface area contributed by atoms with Crippen molar-refractivity contribution >= 4 is 81.5 Å². The molecular weight excluding hydrogens is 700 g/mol. The summed E-state index contributed by atoms with van der Waals surface area (Å²) >= 11 is 3.81. The van der Waals surface area contributed by atoms with Gasteiger partial charge >= 0.3 is 0 Å². The van der Waals surface area contributed by atoms with E-state index in [1.807, 2.05) is 6.07 Å². The Labute approximate surface area is 307 Å². The van der Waals surface area contributed by atoms with Crippen molar-refractivity contribution in [1.29, 1.82) is 0 Å². The molecule has 3 heterocycles. The van der Waals surface area contributed by atoms with Gasteiger partial charge in [0.15, 0.2) is 0 Å². The molecule has 0 radical (unpaired) electrons. The topological polar surface area (TPSA) is 23.0 Å². The molecule has 244 valence electrons. The fourth-order valence-corrected chi connectivity index (χ4v) is 8.85. The number of benzene rings is 8. The molecule has 0 aliphatic carbocycles. The molecule has 4 heteroatoms. The van der Waals surface area contributed by atoms with Gasteiger partial charge in [-0.2, -0.15) is 0 Å². The maximum absolute atomic E-state index is 6.61. The molecule has 0 spiro atoms. The molecule has 0 unspecified atom stereocenters. The minimum absolute atomic E-state index is 0.907. The number of nitrogens with zero attached hydrogens (tertiary/aromatic N) is 2. The van der Waals surface area contributed by atoms with Crippen molar-refractivity contribution in [2.24, 2.45) is 0 Å². The number of hydrogen-bond acceptors (Lipinski definition) is 1. The molecule has 0 atom stereocenters. The average Bonchev–Trinajstić information content (AvgIpc) is 3.86. The van der Waals surface area contributed by atoms with Crippen molar-refractivity contribution in [2.75, 3.05) is 0 Å². The Morgan fingerprint density at radius 2 is 1.02 bits per heavy atom. The second kappa shape index (κ2) is 11.3. The summed E-state index contributed by atoms with van der Waals surface area (Å²) in [4.78, 5) is 0. The summed E-state index contributed by atoms with van der Waals surface area (Å²) in [7, 11) is 0. The van der Waals surface area contributed by atoms with Gasteiger partial charge in [0.25, 0.3) is 0 Å². The van der Waals surface area contributed by atoms with Gasteiger partial charge in [0.05, 0.1) is 33.1 Å². The molecule has 11 aromatic rings. The third kappa shape index (κ3) is 4.25. The lowest BCUT2D eigenvalue weighted by molar-refractivity contribution is 0.673. The average molecular weight is 730 g/mol. The largest absolute Gasteiger partial charge is 0.455 e. The van der Waals surface area contributed by atoms with Gasteiger partial charge in [-0.25, -0.2) is 0 Å². The van der Waals surface area contributed by atoms with Gasteiger partial charge in [-0.1, -0.05) is 125 Å². The number of fused-ring (bicyclic) bond motifs is 10. The standard InChI is InChI=1S/C48H29BrN2O/c49-40-19-6-1-14-33(40)30-12-11-13-31(28-30)39-29-32(24-26-44(39)51-41-20-7-2-15-34(41)35-16-3-8-21-42(35)51)50-43-22-9-4-18-38(43)47-45(50)27-25-37-36-17-5-10-23-46(36)52-48(37)47/h1-29H. The summed E-state index contributed by atoms with van der Waals surface area (Å²) in [6.45, 7) is 0. The van der Waals surface area contributed by atoms with E-state index in [0.717, 1.165) is 76.5 Å². The highest BCUT2D eigenvalue weighted by Crippen LogP contribution is 2.43. The van der Waals surface area contributed by atoms with Crippen LogP contribution in [-0.2, 0) is 0 Å². The van der Waals surface area contributed by atoms with Crippen LogP contribution in [0.3, 0.4) is 0 Å². The summed E-state index contributed by atoms with van der Waals surface area (Å²) in [5.74, 6) is 0. The molecule has 0 aliphatic heterocycles. The zero-order valence-corrected chi connectivity index (χ0v) is 29.5. The lowest BCUT2D eigenvalue weighted by Gasteiger charge is -2.18. The van der Waals surface area contributed by atoms with Crippen LogP contribution in [0.1, 0.15) is 0 Å². The molecule has 0 saturated carbocycles. The van der Waals surface area contributed by atoms with Crippen LogP contribution < -0.4 is 0 Å². The highest BCUT2D eigenvalue weighted by Gasteiger charge is 2.21. The Morgan fingerprint density at radius 1 is 0.404 bits per heavy atom. The molecule has 0 fully saturated rings. The Balaban J connectivity index is 1.23.